The maximum Gasteiger partial charge on any atom is 0.117 e. The summed E-state index contributed by atoms with van der Waals surface area (Å²) >= 11 is 0. The summed E-state index contributed by atoms with van der Waals surface area (Å²) in [6, 6.07) is 11.3. The Balaban J connectivity index is 1.95. The molecule has 3 N–H and O–H groups in total. The molecule has 0 atom stereocenters. The fourth-order valence-corrected chi connectivity index (χ4v) is 2.16. The number of hydrogen-bond acceptors (Lipinski definition) is 3. The van der Waals surface area contributed by atoms with Gasteiger partial charge in [0.15, 0.2) is 0 Å². The number of nitrogens with zero attached hydrogens (tertiary/aromatic N) is 2. The molecule has 4 heteroatoms. The van der Waals surface area contributed by atoms with Crippen LogP contribution in [0.15, 0.2) is 48.8 Å². The Hall–Kier alpha value is -2.33. The first-order valence-corrected chi connectivity index (χ1v) is 6.19. The van der Waals surface area contributed by atoms with E-state index in [-0.39, 0.29) is 5.75 Å². The molecule has 0 aliphatic carbocycles. The molecule has 4 nitrogen and oxygen atoms in total. The summed E-state index contributed by atoms with van der Waals surface area (Å²) in [5.41, 5.74) is 8.90. The molecule has 0 unspecified atom stereocenters. The zero-order valence-corrected chi connectivity index (χ0v) is 10.5. The Morgan fingerprint density at radius 1 is 1.11 bits per heavy atom. The standard InChI is InChI=1S/C15H15N3O/c16-9-12-5-6-18-13(7-12)10-17-15(18)8-11-1-3-14(19)4-2-11/h1-7,10,19H,8-9,16H2. The van der Waals surface area contributed by atoms with Crippen LogP contribution in [0.5, 0.6) is 5.75 Å². The minimum absolute atomic E-state index is 0.282. The Labute approximate surface area is 111 Å². The van der Waals surface area contributed by atoms with Gasteiger partial charge in [-0.2, -0.15) is 0 Å². The number of benzene rings is 1. The molecule has 0 amide bonds. The largest absolute Gasteiger partial charge is 0.508 e. The molecule has 3 rings (SSSR count). The number of phenolic OH excluding ortho intramolecular Hbond substituents is 1. The van der Waals surface area contributed by atoms with Crippen LogP contribution in [0, 0.1) is 0 Å². The lowest BCUT2D eigenvalue weighted by Gasteiger charge is -2.03. The highest BCUT2D eigenvalue weighted by Gasteiger charge is 2.05. The fourth-order valence-electron chi connectivity index (χ4n) is 2.16. The minimum atomic E-state index is 0.282. The quantitative estimate of drug-likeness (QED) is 0.751. The first-order valence-electron chi connectivity index (χ1n) is 6.19. The van der Waals surface area contributed by atoms with Gasteiger partial charge in [0.2, 0.25) is 0 Å². The number of phenols is 1. The molecule has 0 spiro atoms. The summed E-state index contributed by atoms with van der Waals surface area (Å²) in [5.74, 6) is 1.26. The summed E-state index contributed by atoms with van der Waals surface area (Å²) in [5, 5.41) is 9.28. The lowest BCUT2D eigenvalue weighted by Crippen LogP contribution is -1.99. The van der Waals surface area contributed by atoms with E-state index in [4.69, 9.17) is 5.73 Å². The molecule has 0 aliphatic rings. The molecule has 3 aromatic rings. The smallest absolute Gasteiger partial charge is 0.117 e. The van der Waals surface area contributed by atoms with Gasteiger partial charge in [-0.15, -0.1) is 0 Å². The molecule has 0 fully saturated rings. The van der Waals surface area contributed by atoms with Gasteiger partial charge in [0.1, 0.15) is 11.6 Å². The number of fused-ring (bicyclic) bond motifs is 1. The van der Waals surface area contributed by atoms with E-state index in [1.54, 1.807) is 12.1 Å². The molecule has 0 saturated carbocycles. The molecular weight excluding hydrogens is 238 g/mol. The van der Waals surface area contributed by atoms with Crippen molar-refractivity contribution in [2.24, 2.45) is 5.73 Å². The third-order valence-electron chi connectivity index (χ3n) is 3.21. The topological polar surface area (TPSA) is 63.5 Å². The fraction of sp³-hybridized carbons (Fsp3) is 0.133. The normalized spacial score (nSPS) is 11.0. The van der Waals surface area contributed by atoms with Crippen LogP contribution in [-0.2, 0) is 13.0 Å². The van der Waals surface area contributed by atoms with Crippen molar-refractivity contribution in [3.8, 4) is 5.75 Å². The van der Waals surface area contributed by atoms with Gasteiger partial charge in [-0.05, 0) is 35.4 Å². The summed E-state index contributed by atoms with van der Waals surface area (Å²) < 4.78 is 2.06. The van der Waals surface area contributed by atoms with Crippen LogP contribution in [0.1, 0.15) is 17.0 Å². The highest BCUT2D eigenvalue weighted by atomic mass is 16.3. The second-order valence-corrected chi connectivity index (χ2v) is 4.55. The Morgan fingerprint density at radius 2 is 1.89 bits per heavy atom. The summed E-state index contributed by atoms with van der Waals surface area (Å²) in [7, 11) is 0. The Morgan fingerprint density at radius 3 is 2.63 bits per heavy atom. The van der Waals surface area contributed by atoms with Gasteiger partial charge in [-0.25, -0.2) is 4.98 Å². The predicted molar refractivity (Wildman–Crippen MR) is 74.0 cm³/mol. The van der Waals surface area contributed by atoms with Gasteiger partial charge in [0.25, 0.3) is 0 Å². The SMILES string of the molecule is NCc1ccn2c(Cc3ccc(O)cc3)ncc2c1. The molecule has 2 aromatic heterocycles. The average molecular weight is 253 g/mol. The van der Waals surface area contributed by atoms with E-state index in [0.29, 0.717) is 6.54 Å². The van der Waals surface area contributed by atoms with Crippen molar-refractivity contribution in [1.29, 1.82) is 0 Å². The molecule has 0 saturated heterocycles. The number of pyridine rings is 1. The predicted octanol–water partition coefficient (Wildman–Crippen LogP) is 2.09. The van der Waals surface area contributed by atoms with Crippen LogP contribution in [-0.4, -0.2) is 14.5 Å². The first kappa shape index (κ1) is 11.7. The number of aromatic hydroxyl groups is 1. The van der Waals surface area contributed by atoms with Gasteiger partial charge in [0.05, 0.1) is 11.7 Å². The highest BCUT2D eigenvalue weighted by Crippen LogP contribution is 2.15. The van der Waals surface area contributed by atoms with Crippen molar-refractivity contribution in [3.63, 3.8) is 0 Å². The lowest BCUT2D eigenvalue weighted by atomic mass is 10.1. The molecule has 0 aliphatic heterocycles. The molecule has 1 aromatic carbocycles. The van der Waals surface area contributed by atoms with Gasteiger partial charge >= 0.3 is 0 Å². The number of nitrogens with two attached hydrogens (primary N) is 1. The van der Waals surface area contributed by atoms with Crippen molar-refractivity contribution in [2.45, 2.75) is 13.0 Å². The molecule has 0 radical (unpaired) electrons. The van der Waals surface area contributed by atoms with Crippen molar-refractivity contribution >= 4 is 5.52 Å². The Kier molecular flexibility index (Phi) is 2.93. The second kappa shape index (κ2) is 4.74. The average Bonchev–Trinajstić information content (AvgIpc) is 2.83. The number of imidazole rings is 1. The van der Waals surface area contributed by atoms with Gasteiger partial charge in [-0.1, -0.05) is 12.1 Å². The third kappa shape index (κ3) is 2.30. The van der Waals surface area contributed by atoms with Crippen molar-refractivity contribution < 1.29 is 5.11 Å². The van der Waals surface area contributed by atoms with Crippen LogP contribution in [0.3, 0.4) is 0 Å². The zero-order chi connectivity index (χ0) is 13.2. The highest BCUT2D eigenvalue weighted by molar-refractivity contribution is 5.48. The Bertz CT molecular complexity index is 701. The van der Waals surface area contributed by atoms with Gasteiger partial charge in [-0.3, -0.25) is 0 Å². The van der Waals surface area contributed by atoms with E-state index in [1.165, 1.54) is 0 Å². The second-order valence-electron chi connectivity index (χ2n) is 4.55. The van der Waals surface area contributed by atoms with Crippen LogP contribution in [0.4, 0.5) is 0 Å². The molecule has 0 bridgehead atoms. The first-order chi connectivity index (χ1) is 9.26. The van der Waals surface area contributed by atoms with Crippen molar-refractivity contribution in [1.82, 2.24) is 9.38 Å². The van der Waals surface area contributed by atoms with Crippen LogP contribution < -0.4 is 5.73 Å². The summed E-state index contributed by atoms with van der Waals surface area (Å²) in [6.07, 6.45) is 4.59. The number of rotatable bonds is 3. The van der Waals surface area contributed by atoms with E-state index in [1.807, 2.05) is 36.7 Å². The van der Waals surface area contributed by atoms with Gasteiger partial charge < -0.3 is 15.2 Å². The maximum absolute atomic E-state index is 9.28. The molecular formula is C15H15N3O. The lowest BCUT2D eigenvalue weighted by molar-refractivity contribution is 0.475. The van der Waals surface area contributed by atoms with Gasteiger partial charge in [0, 0.05) is 19.2 Å². The number of aromatic nitrogens is 2. The van der Waals surface area contributed by atoms with Crippen molar-refractivity contribution in [3.05, 3.63) is 65.7 Å². The number of hydrogen-bond donors (Lipinski definition) is 2. The van der Waals surface area contributed by atoms with E-state index in [9.17, 15) is 5.11 Å². The van der Waals surface area contributed by atoms with Crippen LogP contribution in [0.25, 0.3) is 5.52 Å². The minimum Gasteiger partial charge on any atom is -0.508 e. The van der Waals surface area contributed by atoms with E-state index in [0.717, 1.165) is 28.9 Å². The van der Waals surface area contributed by atoms with E-state index < -0.39 is 0 Å². The monoisotopic (exact) mass is 253 g/mol. The van der Waals surface area contributed by atoms with Crippen LogP contribution in [0.2, 0.25) is 0 Å². The third-order valence-corrected chi connectivity index (χ3v) is 3.21. The summed E-state index contributed by atoms with van der Waals surface area (Å²) in [4.78, 5) is 4.45. The van der Waals surface area contributed by atoms with E-state index >= 15 is 0 Å². The van der Waals surface area contributed by atoms with E-state index in [2.05, 4.69) is 9.38 Å². The van der Waals surface area contributed by atoms with Crippen LogP contribution >= 0.6 is 0 Å². The maximum atomic E-state index is 9.28. The molecule has 96 valence electrons. The van der Waals surface area contributed by atoms with Crippen molar-refractivity contribution in [2.75, 3.05) is 0 Å². The molecule has 2 heterocycles. The molecule has 19 heavy (non-hydrogen) atoms. The summed E-state index contributed by atoms with van der Waals surface area (Å²) in [6.45, 7) is 0.537. The zero-order valence-electron chi connectivity index (χ0n) is 10.5.